The molecule has 0 atom stereocenters. The molecule has 3 aromatic rings. The van der Waals surface area contributed by atoms with Crippen LogP contribution in [0.2, 0.25) is 0 Å². The molecule has 0 saturated carbocycles. The highest BCUT2D eigenvalue weighted by Gasteiger charge is 2.01. The van der Waals surface area contributed by atoms with Crippen molar-refractivity contribution < 1.29 is 4.74 Å². The van der Waals surface area contributed by atoms with E-state index in [0.717, 1.165) is 18.7 Å². The Balaban J connectivity index is 1.69. The molecule has 0 saturated heterocycles. The molecule has 0 spiro atoms. The van der Waals surface area contributed by atoms with Gasteiger partial charge in [0.1, 0.15) is 0 Å². The number of hydrogen-bond donors (Lipinski definition) is 1. The van der Waals surface area contributed by atoms with E-state index in [1.54, 1.807) is 13.3 Å². The Hall–Kier alpha value is -2.46. The maximum atomic E-state index is 5.13. The molecule has 1 aromatic carbocycles. The van der Waals surface area contributed by atoms with E-state index in [9.17, 15) is 0 Å². The fraction of sp³-hybridized carbons (Fsp3) is 0.176. The minimum Gasteiger partial charge on any atom is -0.481 e. The van der Waals surface area contributed by atoms with Gasteiger partial charge in [-0.05, 0) is 28.6 Å². The quantitative estimate of drug-likeness (QED) is 0.780. The first-order valence-electron chi connectivity index (χ1n) is 6.88. The summed E-state index contributed by atoms with van der Waals surface area (Å²) in [6, 6.07) is 12.3. The summed E-state index contributed by atoms with van der Waals surface area (Å²) < 4.78 is 5.13. The van der Waals surface area contributed by atoms with Crippen molar-refractivity contribution in [1.82, 2.24) is 15.3 Å². The van der Waals surface area contributed by atoms with Crippen LogP contribution in [0.5, 0.6) is 5.88 Å². The highest BCUT2D eigenvalue weighted by Crippen LogP contribution is 2.17. The zero-order valence-corrected chi connectivity index (χ0v) is 11.9. The van der Waals surface area contributed by atoms with E-state index < -0.39 is 0 Å². The highest BCUT2D eigenvalue weighted by molar-refractivity contribution is 5.84. The minimum absolute atomic E-state index is 0.644. The topological polar surface area (TPSA) is 47.0 Å². The van der Waals surface area contributed by atoms with Gasteiger partial charge in [0.15, 0.2) is 0 Å². The average molecular weight is 279 g/mol. The summed E-state index contributed by atoms with van der Waals surface area (Å²) in [5.41, 5.74) is 2.43. The second kappa shape index (κ2) is 6.33. The number of ether oxygens (including phenoxy) is 1. The highest BCUT2D eigenvalue weighted by atomic mass is 16.5. The molecule has 106 valence electrons. The number of fused-ring (bicyclic) bond motifs is 1. The zero-order valence-electron chi connectivity index (χ0n) is 11.9. The van der Waals surface area contributed by atoms with Gasteiger partial charge in [-0.3, -0.25) is 4.98 Å². The van der Waals surface area contributed by atoms with Gasteiger partial charge in [-0.2, -0.15) is 0 Å². The molecule has 0 aliphatic rings. The number of pyridine rings is 2. The third-order valence-corrected chi connectivity index (χ3v) is 3.42. The van der Waals surface area contributed by atoms with Crippen LogP contribution in [0.4, 0.5) is 0 Å². The fourth-order valence-corrected chi connectivity index (χ4v) is 2.36. The number of methoxy groups -OCH3 is 1. The molecule has 0 aliphatic heterocycles. The Morgan fingerprint density at radius 1 is 1.10 bits per heavy atom. The smallest absolute Gasteiger partial charge is 0.213 e. The van der Waals surface area contributed by atoms with Crippen LogP contribution in [-0.2, 0) is 13.1 Å². The van der Waals surface area contributed by atoms with Gasteiger partial charge >= 0.3 is 0 Å². The van der Waals surface area contributed by atoms with Gasteiger partial charge in [0, 0.05) is 43.1 Å². The molecule has 0 aliphatic carbocycles. The minimum atomic E-state index is 0.644. The standard InChI is InChI=1S/C17H17N3O/c1-21-17-9-13(5-8-20-17)10-19-12-15-4-2-3-14-11-18-7-6-16(14)15/h2-9,11,19H,10,12H2,1H3. The van der Waals surface area contributed by atoms with Crippen molar-refractivity contribution in [3.63, 3.8) is 0 Å². The van der Waals surface area contributed by atoms with E-state index >= 15 is 0 Å². The Morgan fingerprint density at radius 2 is 2.05 bits per heavy atom. The summed E-state index contributed by atoms with van der Waals surface area (Å²) in [4.78, 5) is 8.27. The third kappa shape index (κ3) is 3.17. The van der Waals surface area contributed by atoms with Crippen LogP contribution < -0.4 is 10.1 Å². The SMILES string of the molecule is COc1cc(CNCc2cccc3cnccc23)ccn1. The van der Waals surface area contributed by atoms with Gasteiger partial charge in [0.2, 0.25) is 5.88 Å². The first-order valence-corrected chi connectivity index (χ1v) is 6.88. The molecule has 0 fully saturated rings. The van der Waals surface area contributed by atoms with Crippen molar-refractivity contribution >= 4 is 10.8 Å². The van der Waals surface area contributed by atoms with Crippen molar-refractivity contribution in [3.8, 4) is 5.88 Å². The second-order valence-corrected chi connectivity index (χ2v) is 4.82. The van der Waals surface area contributed by atoms with Crippen LogP contribution in [0.15, 0.2) is 55.0 Å². The van der Waals surface area contributed by atoms with Crippen molar-refractivity contribution in [2.45, 2.75) is 13.1 Å². The predicted octanol–water partition coefficient (Wildman–Crippen LogP) is 2.93. The van der Waals surface area contributed by atoms with E-state index in [2.05, 4.69) is 39.6 Å². The molecule has 0 amide bonds. The number of nitrogens with zero attached hydrogens (tertiary/aromatic N) is 2. The lowest BCUT2D eigenvalue weighted by Crippen LogP contribution is -2.13. The lowest BCUT2D eigenvalue weighted by molar-refractivity contribution is 0.397. The molecule has 2 aromatic heterocycles. The Bertz CT molecular complexity index is 737. The van der Waals surface area contributed by atoms with Gasteiger partial charge in [-0.1, -0.05) is 18.2 Å². The normalized spacial score (nSPS) is 10.7. The van der Waals surface area contributed by atoms with Gasteiger partial charge in [0.05, 0.1) is 7.11 Å². The molecule has 1 N–H and O–H groups in total. The molecule has 0 radical (unpaired) electrons. The average Bonchev–Trinajstić information content (AvgIpc) is 2.55. The summed E-state index contributed by atoms with van der Waals surface area (Å²) in [5.74, 6) is 0.644. The fourth-order valence-electron chi connectivity index (χ4n) is 2.36. The molecule has 0 unspecified atom stereocenters. The number of nitrogens with one attached hydrogen (secondary N) is 1. The molecular weight excluding hydrogens is 262 g/mol. The predicted molar refractivity (Wildman–Crippen MR) is 83.1 cm³/mol. The first-order chi connectivity index (χ1) is 10.4. The number of aromatic nitrogens is 2. The number of benzene rings is 1. The zero-order chi connectivity index (χ0) is 14.5. The van der Waals surface area contributed by atoms with Crippen molar-refractivity contribution in [2.24, 2.45) is 0 Å². The lowest BCUT2D eigenvalue weighted by atomic mass is 10.1. The van der Waals surface area contributed by atoms with Crippen LogP contribution in [-0.4, -0.2) is 17.1 Å². The van der Waals surface area contributed by atoms with E-state index in [1.807, 2.05) is 24.5 Å². The van der Waals surface area contributed by atoms with Crippen molar-refractivity contribution in [2.75, 3.05) is 7.11 Å². The molecule has 0 bridgehead atoms. The largest absolute Gasteiger partial charge is 0.481 e. The molecular formula is C17H17N3O. The van der Waals surface area contributed by atoms with E-state index in [4.69, 9.17) is 4.74 Å². The summed E-state index contributed by atoms with van der Waals surface area (Å²) in [6.07, 6.45) is 5.49. The Kier molecular flexibility index (Phi) is 4.07. The lowest BCUT2D eigenvalue weighted by Gasteiger charge is -2.08. The summed E-state index contributed by atoms with van der Waals surface area (Å²) in [7, 11) is 1.63. The second-order valence-electron chi connectivity index (χ2n) is 4.82. The van der Waals surface area contributed by atoms with E-state index in [1.165, 1.54) is 16.3 Å². The molecule has 2 heterocycles. The van der Waals surface area contributed by atoms with Gasteiger partial charge in [-0.15, -0.1) is 0 Å². The van der Waals surface area contributed by atoms with Crippen LogP contribution in [0.3, 0.4) is 0 Å². The van der Waals surface area contributed by atoms with Gasteiger partial charge in [0.25, 0.3) is 0 Å². The molecule has 21 heavy (non-hydrogen) atoms. The summed E-state index contributed by atoms with van der Waals surface area (Å²) >= 11 is 0. The monoisotopic (exact) mass is 279 g/mol. The van der Waals surface area contributed by atoms with E-state index in [-0.39, 0.29) is 0 Å². The van der Waals surface area contributed by atoms with Gasteiger partial charge < -0.3 is 10.1 Å². The Morgan fingerprint density at radius 3 is 2.95 bits per heavy atom. The summed E-state index contributed by atoms with van der Waals surface area (Å²) in [5, 5.41) is 5.87. The van der Waals surface area contributed by atoms with Crippen LogP contribution in [0.25, 0.3) is 10.8 Å². The molecule has 4 nitrogen and oxygen atoms in total. The van der Waals surface area contributed by atoms with Crippen LogP contribution in [0.1, 0.15) is 11.1 Å². The molecule has 3 rings (SSSR count). The summed E-state index contributed by atoms with van der Waals surface area (Å²) in [6.45, 7) is 1.59. The van der Waals surface area contributed by atoms with Gasteiger partial charge in [-0.25, -0.2) is 4.98 Å². The van der Waals surface area contributed by atoms with Crippen molar-refractivity contribution in [3.05, 3.63) is 66.1 Å². The number of rotatable bonds is 5. The van der Waals surface area contributed by atoms with E-state index in [0.29, 0.717) is 5.88 Å². The van der Waals surface area contributed by atoms with Crippen molar-refractivity contribution in [1.29, 1.82) is 0 Å². The number of hydrogen-bond acceptors (Lipinski definition) is 4. The third-order valence-electron chi connectivity index (χ3n) is 3.42. The maximum absolute atomic E-state index is 5.13. The van der Waals surface area contributed by atoms with Crippen LogP contribution in [0, 0.1) is 0 Å². The Labute approximate surface area is 123 Å². The molecule has 4 heteroatoms. The maximum Gasteiger partial charge on any atom is 0.213 e. The van der Waals surface area contributed by atoms with Crippen LogP contribution >= 0.6 is 0 Å². The first kappa shape index (κ1) is 13.5.